The van der Waals surface area contributed by atoms with Crippen molar-refractivity contribution in [1.29, 1.82) is 0 Å². The number of carbonyl (C=O) groups is 1. The van der Waals surface area contributed by atoms with Crippen molar-refractivity contribution >= 4 is 21.7 Å². The van der Waals surface area contributed by atoms with Crippen LogP contribution < -0.4 is 4.74 Å². The average molecular weight is 281 g/mol. The SMILES string of the molecule is O=C1c2cc(Br)ccc2O[C@H]2CCCC[C@H]12. The largest absolute Gasteiger partial charge is 0.489 e. The molecule has 1 aromatic rings. The number of halogens is 1. The molecule has 0 bridgehead atoms. The molecule has 2 atom stereocenters. The van der Waals surface area contributed by atoms with Crippen LogP contribution >= 0.6 is 15.9 Å². The molecule has 3 heteroatoms. The van der Waals surface area contributed by atoms with Crippen LogP contribution in [0, 0.1) is 5.92 Å². The van der Waals surface area contributed by atoms with Crippen LogP contribution in [0.2, 0.25) is 0 Å². The second-order valence-electron chi connectivity index (χ2n) is 4.55. The zero-order chi connectivity index (χ0) is 11.1. The van der Waals surface area contributed by atoms with Crippen LogP contribution in [-0.2, 0) is 0 Å². The molecule has 16 heavy (non-hydrogen) atoms. The third kappa shape index (κ3) is 1.58. The highest BCUT2D eigenvalue weighted by Crippen LogP contribution is 2.38. The van der Waals surface area contributed by atoms with Crippen molar-refractivity contribution in [2.45, 2.75) is 31.8 Å². The van der Waals surface area contributed by atoms with Crippen molar-refractivity contribution in [3.8, 4) is 5.75 Å². The van der Waals surface area contributed by atoms with Crippen molar-refractivity contribution in [2.24, 2.45) is 5.92 Å². The minimum atomic E-state index is 0.0931. The molecule has 0 N–H and O–H groups in total. The Morgan fingerprint density at radius 3 is 2.94 bits per heavy atom. The van der Waals surface area contributed by atoms with E-state index in [1.807, 2.05) is 18.2 Å². The lowest BCUT2D eigenvalue weighted by Crippen LogP contribution is -2.39. The molecular weight excluding hydrogens is 268 g/mol. The monoisotopic (exact) mass is 280 g/mol. The van der Waals surface area contributed by atoms with Crippen LogP contribution in [0.5, 0.6) is 5.75 Å². The van der Waals surface area contributed by atoms with Crippen molar-refractivity contribution in [2.75, 3.05) is 0 Å². The fourth-order valence-electron chi connectivity index (χ4n) is 2.70. The van der Waals surface area contributed by atoms with Crippen LogP contribution in [0.25, 0.3) is 0 Å². The third-order valence-corrected chi connectivity index (χ3v) is 4.02. The molecule has 0 amide bonds. The molecule has 1 aliphatic carbocycles. The Morgan fingerprint density at radius 1 is 1.25 bits per heavy atom. The molecule has 2 nitrogen and oxygen atoms in total. The van der Waals surface area contributed by atoms with Crippen LogP contribution in [-0.4, -0.2) is 11.9 Å². The van der Waals surface area contributed by atoms with Crippen LogP contribution in [0.1, 0.15) is 36.0 Å². The van der Waals surface area contributed by atoms with Gasteiger partial charge in [-0.15, -0.1) is 0 Å². The Bertz CT molecular complexity index is 442. The molecule has 1 fully saturated rings. The summed E-state index contributed by atoms with van der Waals surface area (Å²) in [6.07, 6.45) is 4.45. The summed E-state index contributed by atoms with van der Waals surface area (Å²) < 4.78 is 6.86. The zero-order valence-corrected chi connectivity index (χ0v) is 10.5. The number of rotatable bonds is 0. The molecule has 84 valence electrons. The highest BCUT2D eigenvalue weighted by Gasteiger charge is 2.38. The quantitative estimate of drug-likeness (QED) is 0.726. The standard InChI is InChI=1S/C13H13BrO2/c14-8-5-6-12-10(7-8)13(15)9-3-1-2-4-11(9)16-12/h5-7,9,11H,1-4H2/t9-,11-/m0/s1. The molecule has 3 rings (SSSR count). The third-order valence-electron chi connectivity index (χ3n) is 3.52. The van der Waals surface area contributed by atoms with E-state index in [4.69, 9.17) is 4.74 Å². The first-order chi connectivity index (χ1) is 7.75. The van der Waals surface area contributed by atoms with Gasteiger partial charge in [0.15, 0.2) is 5.78 Å². The maximum atomic E-state index is 12.3. The molecule has 2 aliphatic rings. The molecule has 1 saturated carbocycles. The number of ketones is 1. The van der Waals surface area contributed by atoms with E-state index < -0.39 is 0 Å². The van der Waals surface area contributed by atoms with E-state index in [9.17, 15) is 4.79 Å². The van der Waals surface area contributed by atoms with E-state index >= 15 is 0 Å². The maximum Gasteiger partial charge on any atom is 0.173 e. The first kappa shape index (κ1) is 10.3. The lowest BCUT2D eigenvalue weighted by atomic mass is 9.79. The molecule has 0 aromatic heterocycles. The summed E-state index contributed by atoms with van der Waals surface area (Å²) in [5.41, 5.74) is 0.748. The van der Waals surface area contributed by atoms with Gasteiger partial charge >= 0.3 is 0 Å². The van der Waals surface area contributed by atoms with Gasteiger partial charge in [-0.3, -0.25) is 4.79 Å². The topological polar surface area (TPSA) is 26.3 Å². The molecular formula is C13H13BrO2. The van der Waals surface area contributed by atoms with E-state index in [1.165, 1.54) is 6.42 Å². The van der Waals surface area contributed by atoms with Gasteiger partial charge in [0.25, 0.3) is 0 Å². The summed E-state index contributed by atoms with van der Waals surface area (Å²) in [5.74, 6) is 1.12. The van der Waals surface area contributed by atoms with Gasteiger partial charge in [-0.1, -0.05) is 22.4 Å². The molecule has 0 radical (unpaired) electrons. The van der Waals surface area contributed by atoms with Crippen molar-refractivity contribution < 1.29 is 9.53 Å². The normalized spacial score (nSPS) is 27.9. The Labute approximate surface area is 103 Å². The molecule has 0 spiro atoms. The number of benzene rings is 1. The predicted octanol–water partition coefficient (Wildman–Crippen LogP) is 3.58. The highest BCUT2D eigenvalue weighted by atomic mass is 79.9. The molecule has 1 aliphatic heterocycles. The Morgan fingerprint density at radius 2 is 2.06 bits per heavy atom. The zero-order valence-electron chi connectivity index (χ0n) is 8.91. The summed E-state index contributed by atoms with van der Waals surface area (Å²) in [6.45, 7) is 0. The van der Waals surface area contributed by atoms with Crippen molar-refractivity contribution in [1.82, 2.24) is 0 Å². The number of hydrogen-bond acceptors (Lipinski definition) is 2. The Balaban J connectivity index is 2.03. The van der Waals surface area contributed by atoms with Gasteiger partial charge in [0, 0.05) is 4.47 Å². The minimum absolute atomic E-state index is 0.0931. The smallest absolute Gasteiger partial charge is 0.173 e. The lowest BCUT2D eigenvalue weighted by Gasteiger charge is -2.35. The lowest BCUT2D eigenvalue weighted by molar-refractivity contribution is 0.0524. The van der Waals surface area contributed by atoms with Gasteiger partial charge < -0.3 is 4.74 Å². The molecule has 0 saturated heterocycles. The number of fused-ring (bicyclic) bond motifs is 2. The summed E-state index contributed by atoms with van der Waals surface area (Å²) in [5, 5.41) is 0. The minimum Gasteiger partial charge on any atom is -0.489 e. The fourth-order valence-corrected chi connectivity index (χ4v) is 3.06. The number of hydrogen-bond donors (Lipinski definition) is 0. The highest BCUT2D eigenvalue weighted by molar-refractivity contribution is 9.10. The van der Waals surface area contributed by atoms with Crippen LogP contribution in [0.15, 0.2) is 22.7 Å². The van der Waals surface area contributed by atoms with Gasteiger partial charge in [-0.25, -0.2) is 0 Å². The van der Waals surface area contributed by atoms with E-state index in [2.05, 4.69) is 15.9 Å². The number of ether oxygens (including phenoxy) is 1. The number of carbonyl (C=O) groups excluding carboxylic acids is 1. The number of Topliss-reactive ketones (excluding diaryl/α,β-unsaturated/α-hetero) is 1. The first-order valence-electron chi connectivity index (χ1n) is 5.76. The van der Waals surface area contributed by atoms with Crippen LogP contribution in [0.3, 0.4) is 0 Å². The van der Waals surface area contributed by atoms with Gasteiger partial charge in [-0.05, 0) is 37.5 Å². The second-order valence-corrected chi connectivity index (χ2v) is 5.47. The van der Waals surface area contributed by atoms with Crippen molar-refractivity contribution in [3.63, 3.8) is 0 Å². The summed E-state index contributed by atoms with van der Waals surface area (Å²) >= 11 is 3.40. The van der Waals surface area contributed by atoms with E-state index in [0.717, 1.165) is 35.0 Å². The summed E-state index contributed by atoms with van der Waals surface area (Å²) in [4.78, 5) is 12.3. The maximum absolute atomic E-state index is 12.3. The van der Waals surface area contributed by atoms with Crippen molar-refractivity contribution in [3.05, 3.63) is 28.2 Å². The summed E-state index contributed by atoms with van der Waals surface area (Å²) in [6, 6.07) is 5.69. The van der Waals surface area contributed by atoms with Gasteiger partial charge in [0.1, 0.15) is 11.9 Å². The van der Waals surface area contributed by atoms with Gasteiger partial charge in [-0.2, -0.15) is 0 Å². The Kier molecular flexibility index (Phi) is 2.51. The fraction of sp³-hybridized carbons (Fsp3) is 0.462. The second kappa shape index (κ2) is 3.88. The predicted molar refractivity (Wildman–Crippen MR) is 64.8 cm³/mol. The van der Waals surface area contributed by atoms with E-state index in [1.54, 1.807) is 0 Å². The van der Waals surface area contributed by atoms with Crippen LogP contribution in [0.4, 0.5) is 0 Å². The molecule has 1 aromatic carbocycles. The van der Waals surface area contributed by atoms with Gasteiger partial charge in [0.05, 0.1) is 11.5 Å². The van der Waals surface area contributed by atoms with E-state index in [-0.39, 0.29) is 17.8 Å². The van der Waals surface area contributed by atoms with Gasteiger partial charge in [0.2, 0.25) is 0 Å². The summed E-state index contributed by atoms with van der Waals surface area (Å²) in [7, 11) is 0. The molecule has 1 heterocycles. The average Bonchev–Trinajstić information content (AvgIpc) is 2.31. The molecule has 0 unspecified atom stereocenters. The Hall–Kier alpha value is -0.830. The first-order valence-corrected chi connectivity index (χ1v) is 6.55. The van der Waals surface area contributed by atoms with E-state index in [0.29, 0.717) is 0 Å².